The van der Waals surface area contributed by atoms with Gasteiger partial charge in [0.15, 0.2) is 0 Å². The highest BCUT2D eigenvalue weighted by atomic mass is 79.9. The van der Waals surface area contributed by atoms with Crippen LogP contribution in [-0.2, 0) is 0 Å². The van der Waals surface area contributed by atoms with E-state index >= 15 is 0 Å². The van der Waals surface area contributed by atoms with Crippen LogP contribution in [0.5, 0.6) is 0 Å². The number of thiophene rings is 1. The third kappa shape index (κ3) is 6.09. The Kier molecular flexibility index (Phi) is 7.08. The van der Waals surface area contributed by atoms with Crippen molar-refractivity contribution in [1.82, 2.24) is 4.90 Å². The van der Waals surface area contributed by atoms with Crippen molar-refractivity contribution >= 4 is 33.2 Å². The second-order valence-corrected chi connectivity index (χ2v) is 8.09. The topological polar surface area (TPSA) is 20.3 Å². The summed E-state index contributed by atoms with van der Waals surface area (Å²) >= 11 is 4.99. The van der Waals surface area contributed by atoms with Crippen LogP contribution in [0.1, 0.15) is 50.9 Å². The molecule has 1 aromatic rings. The van der Waals surface area contributed by atoms with Crippen LogP contribution in [0.3, 0.4) is 0 Å². The molecule has 0 aliphatic heterocycles. The second-order valence-electron chi connectivity index (χ2n) is 5.80. The summed E-state index contributed by atoms with van der Waals surface area (Å²) in [5.74, 6) is 1.43. The summed E-state index contributed by atoms with van der Waals surface area (Å²) in [6.45, 7) is 10.5. The lowest BCUT2D eigenvalue weighted by Crippen LogP contribution is -2.33. The number of hydrogen-bond donors (Lipinski definition) is 0. The van der Waals surface area contributed by atoms with E-state index in [1.54, 1.807) is 11.3 Å². The predicted octanol–water partition coefficient (Wildman–Crippen LogP) is 5.05. The Balaban J connectivity index is 2.68. The lowest BCUT2D eigenvalue weighted by molar-refractivity contribution is 0.0741. The molecule has 0 saturated heterocycles. The highest BCUT2D eigenvalue weighted by molar-refractivity contribution is 9.11. The second kappa shape index (κ2) is 8.05. The molecule has 0 radical (unpaired) electrons. The Morgan fingerprint density at radius 2 is 1.74 bits per heavy atom. The Morgan fingerprint density at radius 3 is 2.11 bits per heavy atom. The van der Waals surface area contributed by atoms with Crippen LogP contribution in [0.15, 0.2) is 15.2 Å². The molecule has 1 heterocycles. The highest BCUT2D eigenvalue weighted by Crippen LogP contribution is 2.22. The van der Waals surface area contributed by atoms with E-state index in [-0.39, 0.29) is 5.91 Å². The first-order chi connectivity index (χ1) is 8.90. The molecule has 0 aromatic carbocycles. The summed E-state index contributed by atoms with van der Waals surface area (Å²) in [6, 6.07) is 1.92. The van der Waals surface area contributed by atoms with Gasteiger partial charge in [0.1, 0.15) is 0 Å². The fraction of sp³-hybridized carbons (Fsp3) is 0.667. The van der Waals surface area contributed by atoms with Crippen molar-refractivity contribution < 1.29 is 4.79 Å². The van der Waals surface area contributed by atoms with Crippen molar-refractivity contribution in [1.29, 1.82) is 0 Å². The molecule has 0 aliphatic carbocycles. The summed E-state index contributed by atoms with van der Waals surface area (Å²) in [7, 11) is 0. The molecule has 0 spiro atoms. The van der Waals surface area contributed by atoms with Crippen LogP contribution in [0, 0.1) is 11.8 Å². The van der Waals surface area contributed by atoms with E-state index in [0.717, 1.165) is 35.3 Å². The van der Waals surface area contributed by atoms with E-state index in [2.05, 4.69) is 43.6 Å². The van der Waals surface area contributed by atoms with Gasteiger partial charge in [-0.15, -0.1) is 11.3 Å². The third-order valence-electron chi connectivity index (χ3n) is 3.05. The molecule has 1 rings (SSSR count). The molecule has 0 N–H and O–H groups in total. The zero-order valence-electron chi connectivity index (χ0n) is 12.3. The van der Waals surface area contributed by atoms with Gasteiger partial charge in [0.05, 0.1) is 9.35 Å². The number of rotatable bonds is 7. The van der Waals surface area contributed by atoms with Crippen LogP contribution in [-0.4, -0.2) is 23.9 Å². The first kappa shape index (κ1) is 16.7. The van der Waals surface area contributed by atoms with Gasteiger partial charge in [0, 0.05) is 18.5 Å². The van der Waals surface area contributed by atoms with E-state index in [9.17, 15) is 4.79 Å². The Morgan fingerprint density at radius 1 is 1.21 bits per heavy atom. The minimum absolute atomic E-state index is 0.170. The minimum Gasteiger partial charge on any atom is -0.339 e. The number of halogens is 1. The van der Waals surface area contributed by atoms with Gasteiger partial charge < -0.3 is 4.90 Å². The van der Waals surface area contributed by atoms with Crippen molar-refractivity contribution in [2.45, 2.75) is 40.5 Å². The monoisotopic (exact) mass is 345 g/mol. The highest BCUT2D eigenvalue weighted by Gasteiger charge is 2.17. The average molecular weight is 346 g/mol. The molecule has 0 saturated carbocycles. The van der Waals surface area contributed by atoms with Gasteiger partial charge in [-0.05, 0) is 46.7 Å². The normalized spacial score (nSPS) is 11.3. The summed E-state index contributed by atoms with van der Waals surface area (Å²) in [4.78, 5) is 14.5. The molecule has 19 heavy (non-hydrogen) atoms. The molecule has 4 heteroatoms. The number of hydrogen-bond acceptors (Lipinski definition) is 2. The van der Waals surface area contributed by atoms with Gasteiger partial charge in [0.2, 0.25) is 0 Å². The van der Waals surface area contributed by atoms with E-state index in [4.69, 9.17) is 0 Å². The molecule has 2 nitrogen and oxygen atoms in total. The molecule has 0 unspecified atom stereocenters. The molecular formula is C15H24BrNOS. The van der Waals surface area contributed by atoms with Crippen molar-refractivity contribution in [3.63, 3.8) is 0 Å². The first-order valence-corrected chi connectivity index (χ1v) is 8.60. The average Bonchev–Trinajstić information content (AvgIpc) is 2.74. The number of carbonyl (C=O) groups excluding carboxylic acids is 1. The van der Waals surface area contributed by atoms with E-state index in [1.807, 2.05) is 16.3 Å². The lowest BCUT2D eigenvalue weighted by Gasteiger charge is -2.24. The van der Waals surface area contributed by atoms with Crippen molar-refractivity contribution in [3.05, 3.63) is 20.8 Å². The van der Waals surface area contributed by atoms with Crippen molar-refractivity contribution in [2.24, 2.45) is 11.8 Å². The summed E-state index contributed by atoms with van der Waals surface area (Å²) in [5.41, 5.74) is 0.810. The van der Waals surface area contributed by atoms with Gasteiger partial charge in [-0.25, -0.2) is 0 Å². The van der Waals surface area contributed by atoms with Crippen LogP contribution in [0.4, 0.5) is 0 Å². The van der Waals surface area contributed by atoms with Crippen molar-refractivity contribution in [2.75, 3.05) is 13.1 Å². The van der Waals surface area contributed by atoms with E-state index < -0.39 is 0 Å². The molecule has 1 aromatic heterocycles. The van der Waals surface area contributed by atoms with Gasteiger partial charge in [-0.3, -0.25) is 4.79 Å². The SMILES string of the molecule is CC(C)CCN(CCC(C)C)C(=O)c1csc(Br)c1. The van der Waals surface area contributed by atoms with Crippen LogP contribution < -0.4 is 0 Å². The fourth-order valence-electron chi connectivity index (χ4n) is 1.75. The predicted molar refractivity (Wildman–Crippen MR) is 86.8 cm³/mol. The number of nitrogens with zero attached hydrogens (tertiary/aromatic N) is 1. The van der Waals surface area contributed by atoms with Gasteiger partial charge >= 0.3 is 0 Å². The largest absolute Gasteiger partial charge is 0.339 e. The maximum Gasteiger partial charge on any atom is 0.254 e. The first-order valence-electron chi connectivity index (χ1n) is 6.93. The van der Waals surface area contributed by atoms with Gasteiger partial charge in [-0.2, -0.15) is 0 Å². The molecule has 0 aliphatic rings. The third-order valence-corrected chi connectivity index (χ3v) is 4.56. The fourth-order valence-corrected chi connectivity index (χ4v) is 2.88. The van der Waals surface area contributed by atoms with E-state index in [1.165, 1.54) is 0 Å². The van der Waals surface area contributed by atoms with Gasteiger partial charge in [-0.1, -0.05) is 27.7 Å². The number of carbonyl (C=O) groups is 1. The summed E-state index contributed by atoms with van der Waals surface area (Å²) < 4.78 is 1.02. The van der Waals surface area contributed by atoms with Crippen molar-refractivity contribution in [3.8, 4) is 0 Å². The van der Waals surface area contributed by atoms with Crippen LogP contribution in [0.2, 0.25) is 0 Å². The van der Waals surface area contributed by atoms with Crippen LogP contribution >= 0.6 is 27.3 Å². The Labute approximate surface area is 129 Å². The minimum atomic E-state index is 0.170. The molecular weight excluding hydrogens is 322 g/mol. The Bertz CT molecular complexity index is 389. The molecule has 0 atom stereocenters. The lowest BCUT2D eigenvalue weighted by atomic mass is 10.1. The zero-order valence-corrected chi connectivity index (χ0v) is 14.7. The van der Waals surface area contributed by atoms with E-state index in [0.29, 0.717) is 11.8 Å². The smallest absolute Gasteiger partial charge is 0.254 e. The molecule has 1 amide bonds. The standard InChI is InChI=1S/C15H24BrNOS/c1-11(2)5-7-17(8-6-12(3)4)15(18)13-9-14(16)19-10-13/h9-12H,5-8H2,1-4H3. The molecule has 0 bridgehead atoms. The summed E-state index contributed by atoms with van der Waals surface area (Å²) in [6.07, 6.45) is 2.13. The zero-order chi connectivity index (χ0) is 14.4. The number of amides is 1. The quantitative estimate of drug-likeness (QED) is 0.677. The maximum absolute atomic E-state index is 12.5. The Hall–Kier alpha value is -0.350. The molecule has 0 fully saturated rings. The summed E-state index contributed by atoms with van der Waals surface area (Å²) in [5, 5.41) is 1.93. The maximum atomic E-state index is 12.5. The van der Waals surface area contributed by atoms with Crippen LogP contribution in [0.25, 0.3) is 0 Å². The van der Waals surface area contributed by atoms with Gasteiger partial charge in [0.25, 0.3) is 5.91 Å². The molecule has 108 valence electrons.